The molecule has 0 aromatic heterocycles. The zero-order valence-electron chi connectivity index (χ0n) is 17.2. The van der Waals surface area contributed by atoms with Crippen molar-refractivity contribution in [3.63, 3.8) is 0 Å². The molecule has 0 radical (unpaired) electrons. The Hall–Kier alpha value is -2.79. The molecule has 0 atom stereocenters. The summed E-state index contributed by atoms with van der Waals surface area (Å²) < 4.78 is 18.7. The molecule has 3 aromatic carbocycles. The fourth-order valence-electron chi connectivity index (χ4n) is 3.77. The maximum absolute atomic E-state index is 6.18. The van der Waals surface area contributed by atoms with E-state index in [0.717, 1.165) is 52.0 Å². The maximum Gasteiger partial charge on any atom is 0.203 e. The number of benzene rings is 3. The molecule has 1 aliphatic rings. The van der Waals surface area contributed by atoms with Crippen LogP contribution in [-0.4, -0.2) is 26.5 Å². The van der Waals surface area contributed by atoms with Gasteiger partial charge in [0, 0.05) is 34.3 Å². The van der Waals surface area contributed by atoms with Gasteiger partial charge >= 0.3 is 0 Å². The van der Waals surface area contributed by atoms with Gasteiger partial charge in [0.05, 0.1) is 14.2 Å². The molecule has 3 aromatic rings. The second-order valence-electron chi connectivity index (χ2n) is 7.09. The third kappa shape index (κ3) is 4.21. The number of halogens is 1. The molecule has 0 saturated carbocycles. The Morgan fingerprint density at radius 2 is 1.67 bits per heavy atom. The van der Waals surface area contributed by atoms with E-state index in [-0.39, 0.29) is 0 Å². The first-order valence-electron chi connectivity index (χ1n) is 9.93. The lowest BCUT2D eigenvalue weighted by Crippen LogP contribution is -2.17. The summed E-state index contributed by atoms with van der Waals surface area (Å²) in [6.07, 6.45) is 1.55. The first-order valence-corrected chi connectivity index (χ1v) is 10.7. The van der Waals surface area contributed by atoms with Crippen LogP contribution < -0.4 is 14.2 Å². The zero-order valence-corrected chi connectivity index (χ0v) is 18.7. The third-order valence-electron chi connectivity index (χ3n) is 5.24. The highest BCUT2D eigenvalue weighted by Gasteiger charge is 2.25. The molecule has 0 aliphatic carbocycles. The number of nitrogens with zero attached hydrogens (tertiary/aromatic N) is 1. The molecule has 4 nitrogen and oxygen atoms in total. The van der Waals surface area contributed by atoms with Gasteiger partial charge in [-0.3, -0.25) is 4.99 Å². The van der Waals surface area contributed by atoms with Crippen molar-refractivity contribution in [3.8, 4) is 17.2 Å². The van der Waals surface area contributed by atoms with Crippen molar-refractivity contribution < 1.29 is 14.2 Å². The van der Waals surface area contributed by atoms with Crippen LogP contribution >= 0.6 is 15.9 Å². The van der Waals surface area contributed by atoms with Gasteiger partial charge in [-0.2, -0.15) is 0 Å². The minimum absolute atomic E-state index is 0.454. The molecule has 4 rings (SSSR count). The van der Waals surface area contributed by atoms with E-state index >= 15 is 0 Å². The van der Waals surface area contributed by atoms with E-state index in [1.807, 2.05) is 42.5 Å². The summed E-state index contributed by atoms with van der Waals surface area (Å²) in [5.41, 5.74) is 5.52. The van der Waals surface area contributed by atoms with Crippen LogP contribution in [0, 0.1) is 0 Å². The van der Waals surface area contributed by atoms with Crippen LogP contribution in [0.4, 0.5) is 0 Å². The van der Waals surface area contributed by atoms with Crippen LogP contribution in [0.3, 0.4) is 0 Å². The minimum Gasteiger partial charge on any atom is -0.492 e. The molecule has 0 fully saturated rings. The number of aliphatic imine (C=N–C) groups is 1. The average molecular weight is 466 g/mol. The molecular formula is C25H24BrNO3. The predicted molar refractivity (Wildman–Crippen MR) is 123 cm³/mol. The summed E-state index contributed by atoms with van der Waals surface area (Å²) in [5, 5.41) is 0. The number of rotatable bonds is 7. The summed E-state index contributed by atoms with van der Waals surface area (Å²) in [5.74, 6) is 2.03. The SMILES string of the molecule is COc1c(OCc2ccccc2)cc2c(c1OC)CCN=C2Cc1ccccc1Br. The Morgan fingerprint density at radius 3 is 2.40 bits per heavy atom. The van der Waals surface area contributed by atoms with Gasteiger partial charge in [-0.15, -0.1) is 0 Å². The van der Waals surface area contributed by atoms with Crippen molar-refractivity contribution in [2.45, 2.75) is 19.4 Å². The summed E-state index contributed by atoms with van der Waals surface area (Å²) in [6.45, 7) is 1.19. The fraction of sp³-hybridized carbons (Fsp3) is 0.240. The Bertz CT molecular complexity index is 1060. The van der Waals surface area contributed by atoms with Crippen LogP contribution in [0.5, 0.6) is 17.2 Å². The first kappa shape index (κ1) is 20.5. The molecule has 30 heavy (non-hydrogen) atoms. The largest absolute Gasteiger partial charge is 0.492 e. The van der Waals surface area contributed by atoms with Crippen LogP contribution in [0.1, 0.15) is 22.3 Å². The van der Waals surface area contributed by atoms with Gasteiger partial charge in [0.25, 0.3) is 0 Å². The number of hydrogen-bond donors (Lipinski definition) is 0. The second kappa shape index (κ2) is 9.35. The number of methoxy groups -OCH3 is 2. The summed E-state index contributed by atoms with van der Waals surface area (Å²) >= 11 is 3.65. The fourth-order valence-corrected chi connectivity index (χ4v) is 4.20. The number of ether oxygens (including phenoxy) is 3. The number of hydrogen-bond acceptors (Lipinski definition) is 4. The molecule has 0 spiro atoms. The normalized spacial score (nSPS) is 12.7. The van der Waals surface area contributed by atoms with Crippen molar-refractivity contribution in [1.82, 2.24) is 0 Å². The number of fused-ring (bicyclic) bond motifs is 1. The molecule has 0 amide bonds. The highest BCUT2D eigenvalue weighted by atomic mass is 79.9. The van der Waals surface area contributed by atoms with E-state index in [9.17, 15) is 0 Å². The van der Waals surface area contributed by atoms with E-state index in [0.29, 0.717) is 18.1 Å². The monoisotopic (exact) mass is 465 g/mol. The van der Waals surface area contributed by atoms with Gasteiger partial charge in [0.1, 0.15) is 6.61 Å². The van der Waals surface area contributed by atoms with Crippen molar-refractivity contribution in [3.05, 3.63) is 87.4 Å². The van der Waals surface area contributed by atoms with Crippen molar-refractivity contribution in [2.24, 2.45) is 4.99 Å². The van der Waals surface area contributed by atoms with Crippen LogP contribution in [0.15, 0.2) is 70.1 Å². The van der Waals surface area contributed by atoms with E-state index in [4.69, 9.17) is 19.2 Å². The molecule has 5 heteroatoms. The lowest BCUT2D eigenvalue weighted by molar-refractivity contribution is 0.274. The Labute approximate surface area is 185 Å². The van der Waals surface area contributed by atoms with E-state index in [1.165, 1.54) is 5.56 Å². The van der Waals surface area contributed by atoms with Gasteiger partial charge in [0.15, 0.2) is 11.5 Å². The van der Waals surface area contributed by atoms with Gasteiger partial charge in [-0.25, -0.2) is 0 Å². The Kier molecular flexibility index (Phi) is 6.38. The molecule has 0 unspecified atom stereocenters. The van der Waals surface area contributed by atoms with Crippen molar-refractivity contribution in [1.29, 1.82) is 0 Å². The Morgan fingerprint density at radius 1 is 0.933 bits per heavy atom. The predicted octanol–water partition coefficient (Wildman–Crippen LogP) is 5.63. The van der Waals surface area contributed by atoms with Crippen LogP contribution in [0.2, 0.25) is 0 Å². The third-order valence-corrected chi connectivity index (χ3v) is 6.01. The molecule has 154 valence electrons. The molecule has 0 bridgehead atoms. The standard InChI is InChI=1S/C25H24BrNO3/c1-28-24-19-12-13-27-22(14-18-10-6-7-11-21(18)26)20(19)15-23(25(24)29-2)30-16-17-8-4-3-5-9-17/h3-11,15H,12-14,16H2,1-2H3. The molecule has 0 saturated heterocycles. The zero-order chi connectivity index (χ0) is 20.9. The van der Waals surface area contributed by atoms with Crippen molar-refractivity contribution >= 4 is 21.6 Å². The highest BCUT2D eigenvalue weighted by molar-refractivity contribution is 9.10. The van der Waals surface area contributed by atoms with Crippen molar-refractivity contribution in [2.75, 3.05) is 20.8 Å². The second-order valence-corrected chi connectivity index (χ2v) is 7.94. The van der Waals surface area contributed by atoms with Gasteiger partial charge in [-0.1, -0.05) is 64.5 Å². The first-order chi connectivity index (χ1) is 14.7. The minimum atomic E-state index is 0.454. The van der Waals surface area contributed by atoms with Gasteiger partial charge in [-0.05, 0) is 29.7 Å². The maximum atomic E-state index is 6.18. The lowest BCUT2D eigenvalue weighted by atomic mass is 9.92. The average Bonchev–Trinajstić information content (AvgIpc) is 2.79. The Balaban J connectivity index is 1.72. The molecule has 0 N–H and O–H groups in total. The summed E-state index contributed by atoms with van der Waals surface area (Å²) in [4.78, 5) is 4.84. The molecule has 1 aliphatic heterocycles. The molecule has 1 heterocycles. The topological polar surface area (TPSA) is 40.0 Å². The highest BCUT2D eigenvalue weighted by Crippen LogP contribution is 2.44. The lowest BCUT2D eigenvalue weighted by Gasteiger charge is -2.24. The van der Waals surface area contributed by atoms with E-state index < -0.39 is 0 Å². The van der Waals surface area contributed by atoms with Gasteiger partial charge < -0.3 is 14.2 Å². The van der Waals surface area contributed by atoms with Gasteiger partial charge in [0.2, 0.25) is 5.75 Å². The summed E-state index contributed by atoms with van der Waals surface area (Å²) in [7, 11) is 3.33. The smallest absolute Gasteiger partial charge is 0.203 e. The molecular weight excluding hydrogens is 442 g/mol. The van der Waals surface area contributed by atoms with E-state index in [2.05, 4.69) is 34.1 Å². The quantitative estimate of drug-likeness (QED) is 0.453. The van der Waals surface area contributed by atoms with Crippen LogP contribution in [0.25, 0.3) is 0 Å². The van der Waals surface area contributed by atoms with E-state index in [1.54, 1.807) is 14.2 Å². The summed E-state index contributed by atoms with van der Waals surface area (Å²) in [6, 6.07) is 20.4. The van der Waals surface area contributed by atoms with Crippen LogP contribution in [-0.2, 0) is 19.4 Å².